The summed E-state index contributed by atoms with van der Waals surface area (Å²) in [4.78, 5) is 0. The third-order valence-corrected chi connectivity index (χ3v) is 6.99. The second-order valence-corrected chi connectivity index (χ2v) is 25.7. The van der Waals surface area contributed by atoms with Crippen LogP contribution in [0, 0.1) is 0 Å². The minimum atomic E-state index is -2.49. The standard InChI is InChI=1S/2C2H3.4CH3.H6OSi2.Pd/c2*1-2;;;;;2-1-3;/h2*1H,2H2;4*1H3;2-3H3;. The van der Waals surface area contributed by atoms with Crippen LogP contribution < -0.4 is 0 Å². The average molecular weight is 299 g/mol. The monoisotopic (exact) mass is 298 g/mol. The van der Waals surface area contributed by atoms with E-state index in [1.165, 1.54) is 0 Å². The minimum absolute atomic E-state index is 0.931. The van der Waals surface area contributed by atoms with Gasteiger partial charge in [-0.2, -0.15) is 0 Å². The van der Waals surface area contributed by atoms with Crippen LogP contribution in [-0.4, -0.2) is 21.0 Å². The third-order valence-electron chi connectivity index (χ3n) is 1.18. The maximum atomic E-state index is 4.53. The van der Waals surface area contributed by atoms with E-state index in [1.54, 1.807) is 0 Å². The molecule has 0 spiro atoms. The molecule has 0 saturated heterocycles. The zero-order chi connectivity index (χ0) is 10.5. The van der Waals surface area contributed by atoms with Crippen molar-refractivity contribution < 1.29 is 17.2 Å². The van der Waals surface area contributed by atoms with Crippen LogP contribution in [-0.2, 0) is 17.2 Å². The van der Waals surface area contributed by atoms with Crippen molar-refractivity contribution in [1.82, 2.24) is 0 Å². The van der Waals surface area contributed by atoms with Crippen molar-refractivity contribution in [2.75, 3.05) is 0 Å². The van der Waals surface area contributed by atoms with Crippen molar-refractivity contribution in [1.29, 1.82) is 0 Å². The fourth-order valence-corrected chi connectivity index (χ4v) is 0.312. The summed E-state index contributed by atoms with van der Waals surface area (Å²) >= 11 is -2.49. The van der Waals surface area contributed by atoms with Gasteiger partial charge in [0.25, 0.3) is 0 Å². The molecule has 0 aliphatic heterocycles. The summed E-state index contributed by atoms with van der Waals surface area (Å²) in [5, 5.41) is 9.07. The maximum Gasteiger partial charge on any atom is 0.129 e. The van der Waals surface area contributed by atoms with Gasteiger partial charge in [-0.25, -0.2) is 0 Å². The van der Waals surface area contributed by atoms with Gasteiger partial charge in [0.1, 0.15) is 21.0 Å². The first kappa shape index (κ1) is 15.0. The van der Waals surface area contributed by atoms with E-state index in [2.05, 4.69) is 48.0 Å². The normalized spacial score (nSPS) is 16.7. The van der Waals surface area contributed by atoms with Gasteiger partial charge in [-0.3, -0.25) is 0 Å². The topological polar surface area (TPSA) is 9.23 Å². The van der Waals surface area contributed by atoms with Crippen molar-refractivity contribution in [3.05, 3.63) is 22.3 Å². The van der Waals surface area contributed by atoms with Crippen LogP contribution in [0.5, 0.6) is 0 Å². The fourth-order valence-electron chi connectivity index (χ4n) is 0.0527. The van der Waals surface area contributed by atoms with E-state index in [0.717, 1.165) is 21.0 Å². The first-order valence-corrected chi connectivity index (χ1v) is 12.9. The Bertz CT molecular complexity index is 164. The molecule has 0 fully saturated rings. The number of hydrogen-bond donors (Lipinski definition) is 0. The number of rotatable bonds is 2. The first-order chi connectivity index (χ1) is 5.04. The maximum absolute atomic E-state index is 4.53. The Hall–Kier alpha value is 0.536. The Morgan fingerprint density at radius 2 is 1.17 bits per heavy atom. The van der Waals surface area contributed by atoms with Gasteiger partial charge in [-0.05, 0) is 0 Å². The van der Waals surface area contributed by atoms with E-state index in [9.17, 15) is 0 Å². The van der Waals surface area contributed by atoms with Gasteiger partial charge in [0.05, 0.1) is 0 Å². The SMILES string of the molecule is C=[CH][Pd]([CH3])([CH3])([CH3])([CH3])[CH]=C.[SiH3]O[SiH3]. The summed E-state index contributed by atoms with van der Waals surface area (Å²) in [6.45, 7) is 7.70. The van der Waals surface area contributed by atoms with Gasteiger partial charge in [0.2, 0.25) is 0 Å². The zero-order valence-electron chi connectivity index (χ0n) is 9.29. The number of hydrogen-bond acceptors (Lipinski definition) is 1. The molecule has 0 saturated carbocycles. The van der Waals surface area contributed by atoms with Crippen molar-refractivity contribution in [2.24, 2.45) is 0 Å². The molecule has 0 rings (SSSR count). The van der Waals surface area contributed by atoms with Gasteiger partial charge in [0, 0.05) is 0 Å². The van der Waals surface area contributed by atoms with Crippen LogP contribution in [0.4, 0.5) is 0 Å². The van der Waals surface area contributed by atoms with Crippen LogP contribution in [0.25, 0.3) is 0 Å². The average Bonchev–Trinajstić information content (AvgIpc) is 1.89. The van der Waals surface area contributed by atoms with Crippen LogP contribution in [0.3, 0.4) is 0 Å². The summed E-state index contributed by atoms with van der Waals surface area (Å²) in [6, 6.07) is 0. The molecule has 0 aromatic carbocycles. The summed E-state index contributed by atoms with van der Waals surface area (Å²) in [6.07, 6.45) is 0. The van der Waals surface area contributed by atoms with Gasteiger partial charge in [-0.1, -0.05) is 0 Å². The molecule has 0 amide bonds. The molecule has 1 nitrogen and oxygen atoms in total. The van der Waals surface area contributed by atoms with Crippen molar-refractivity contribution in [2.45, 2.75) is 21.6 Å². The Balaban J connectivity index is 0. The van der Waals surface area contributed by atoms with Crippen molar-refractivity contribution >= 4 is 21.0 Å². The quantitative estimate of drug-likeness (QED) is 0.698. The summed E-state index contributed by atoms with van der Waals surface area (Å²) < 4.78 is 8.69. The van der Waals surface area contributed by atoms with Crippen LogP contribution in [0.1, 0.15) is 0 Å². The van der Waals surface area contributed by atoms with Crippen molar-refractivity contribution in [3.8, 4) is 0 Å². The first-order valence-electron chi connectivity index (χ1n) is 3.26. The predicted octanol–water partition coefficient (Wildman–Crippen LogP) is 1.25. The second kappa shape index (κ2) is 3.73. The molecule has 0 N–H and O–H groups in total. The summed E-state index contributed by atoms with van der Waals surface area (Å²) in [7, 11) is 1.86. The molecule has 0 radical (unpaired) electrons. The Morgan fingerprint density at radius 1 is 1.00 bits per heavy atom. The summed E-state index contributed by atoms with van der Waals surface area (Å²) in [5.74, 6) is 0. The van der Waals surface area contributed by atoms with Crippen molar-refractivity contribution in [3.63, 3.8) is 0 Å². The van der Waals surface area contributed by atoms with Gasteiger partial charge < -0.3 is 4.12 Å². The largest absolute Gasteiger partial charge is 0.471 e. The Labute approximate surface area is 81.9 Å². The molecule has 0 aromatic heterocycles. The molecule has 0 aliphatic rings. The fraction of sp³-hybridized carbons (Fsp3) is 0.500. The van der Waals surface area contributed by atoms with Gasteiger partial charge in [-0.15, -0.1) is 0 Å². The van der Waals surface area contributed by atoms with E-state index in [1.807, 2.05) is 0 Å². The molecule has 0 heterocycles. The van der Waals surface area contributed by atoms with Crippen LogP contribution in [0.2, 0.25) is 21.6 Å². The van der Waals surface area contributed by atoms with E-state index >= 15 is 0 Å². The predicted molar refractivity (Wildman–Crippen MR) is 64.8 cm³/mol. The third kappa shape index (κ3) is 8.63. The molecule has 0 atom stereocenters. The van der Waals surface area contributed by atoms with E-state index in [4.69, 9.17) is 0 Å². The Kier molecular flexibility index (Phi) is 4.67. The molecule has 12 heavy (non-hydrogen) atoms. The molecule has 0 bridgehead atoms. The van der Waals surface area contributed by atoms with E-state index in [0.29, 0.717) is 0 Å². The molecular formula is C8H24OPdSi2. The van der Waals surface area contributed by atoms with E-state index in [-0.39, 0.29) is 0 Å². The van der Waals surface area contributed by atoms with Crippen LogP contribution in [0.15, 0.2) is 22.3 Å². The molecular weight excluding hydrogens is 275 g/mol. The molecule has 0 unspecified atom stereocenters. The smallest absolute Gasteiger partial charge is 0.129 e. The second-order valence-electron chi connectivity index (χ2n) is 4.13. The minimum Gasteiger partial charge on any atom is -0.471 e. The van der Waals surface area contributed by atoms with E-state index < -0.39 is 13.1 Å². The summed E-state index contributed by atoms with van der Waals surface area (Å²) in [5.41, 5.74) is 0. The Morgan fingerprint density at radius 3 is 1.17 bits per heavy atom. The zero-order valence-corrected chi connectivity index (χ0v) is 14.8. The van der Waals surface area contributed by atoms with Crippen LogP contribution >= 0.6 is 0 Å². The van der Waals surface area contributed by atoms with Gasteiger partial charge in [0.15, 0.2) is 0 Å². The molecule has 0 aliphatic carbocycles. The molecule has 80 valence electrons. The molecule has 4 heteroatoms. The van der Waals surface area contributed by atoms with Gasteiger partial charge >= 0.3 is 56.9 Å². The molecule has 0 aromatic rings.